The minimum atomic E-state index is -1.01. The molecule has 0 spiro atoms. The topological polar surface area (TPSA) is 78.9 Å². The van der Waals surface area contributed by atoms with Gasteiger partial charge in [0.05, 0.1) is 0 Å². The fourth-order valence-electron chi connectivity index (χ4n) is 3.51. The molecule has 6 heteroatoms. The van der Waals surface area contributed by atoms with E-state index in [1.165, 1.54) is 5.01 Å². The summed E-state index contributed by atoms with van der Waals surface area (Å²) in [7, 11) is 0. The van der Waals surface area contributed by atoms with Crippen LogP contribution in [-0.4, -0.2) is 41.9 Å². The maximum Gasteiger partial charge on any atom is 0.421 e. The van der Waals surface area contributed by atoms with E-state index >= 15 is 0 Å². The highest BCUT2D eigenvalue weighted by Crippen LogP contribution is 2.44. The van der Waals surface area contributed by atoms with Gasteiger partial charge in [-0.25, -0.2) is 9.80 Å². The van der Waals surface area contributed by atoms with Gasteiger partial charge in [-0.05, 0) is 28.2 Å². The first-order valence-corrected chi connectivity index (χ1v) is 9.04. The van der Waals surface area contributed by atoms with Crippen molar-refractivity contribution in [3.8, 4) is 11.1 Å². The van der Waals surface area contributed by atoms with E-state index in [0.29, 0.717) is 6.54 Å². The van der Waals surface area contributed by atoms with E-state index < -0.39 is 12.1 Å². The molecule has 2 N–H and O–H groups in total. The lowest BCUT2D eigenvalue weighted by atomic mass is 9.98. The first kappa shape index (κ1) is 18.9. The van der Waals surface area contributed by atoms with Gasteiger partial charge in [0.15, 0.2) is 0 Å². The summed E-state index contributed by atoms with van der Waals surface area (Å²) >= 11 is 0. The van der Waals surface area contributed by atoms with E-state index in [0.717, 1.165) is 22.3 Å². The van der Waals surface area contributed by atoms with Crippen molar-refractivity contribution in [3.63, 3.8) is 0 Å². The lowest BCUT2D eigenvalue weighted by molar-refractivity contribution is -0.139. The second-order valence-corrected chi connectivity index (χ2v) is 7.11. The van der Waals surface area contributed by atoms with Crippen LogP contribution in [0.3, 0.4) is 0 Å². The van der Waals surface area contributed by atoms with Crippen LogP contribution in [0.5, 0.6) is 0 Å². The van der Waals surface area contributed by atoms with E-state index in [-0.39, 0.29) is 25.0 Å². The van der Waals surface area contributed by atoms with Crippen molar-refractivity contribution in [2.75, 3.05) is 19.7 Å². The molecule has 1 amide bonds. The van der Waals surface area contributed by atoms with Crippen LogP contribution in [0.1, 0.15) is 30.9 Å². The largest absolute Gasteiger partial charge is 0.480 e. The van der Waals surface area contributed by atoms with Crippen LogP contribution in [0.25, 0.3) is 11.1 Å². The molecule has 0 aliphatic heterocycles. The molecule has 142 valence electrons. The maximum atomic E-state index is 12.2. The number of ether oxygens (including phenoxy) is 1. The Morgan fingerprint density at radius 3 is 2.15 bits per heavy atom. The predicted octanol–water partition coefficient (Wildman–Crippen LogP) is 3.48. The van der Waals surface area contributed by atoms with Crippen molar-refractivity contribution in [2.45, 2.75) is 19.8 Å². The monoisotopic (exact) mass is 368 g/mol. The second kappa shape index (κ2) is 8.22. The molecule has 0 atom stereocenters. The molecular weight excluding hydrogens is 344 g/mol. The van der Waals surface area contributed by atoms with Gasteiger partial charge in [0.2, 0.25) is 0 Å². The van der Waals surface area contributed by atoms with E-state index in [4.69, 9.17) is 9.84 Å². The minimum absolute atomic E-state index is 0.0267. The van der Waals surface area contributed by atoms with Gasteiger partial charge in [0.1, 0.15) is 13.2 Å². The highest BCUT2D eigenvalue weighted by atomic mass is 16.6. The summed E-state index contributed by atoms with van der Waals surface area (Å²) < 4.78 is 5.45. The normalized spacial score (nSPS) is 12.7. The Kier molecular flexibility index (Phi) is 5.76. The summed E-state index contributed by atoms with van der Waals surface area (Å²) in [6.45, 7) is 4.25. The lowest BCUT2D eigenvalue weighted by Gasteiger charge is -2.23. The molecule has 1 aliphatic rings. The molecule has 3 rings (SSSR count). The maximum absolute atomic E-state index is 12.2. The Balaban J connectivity index is 1.67. The molecule has 1 aliphatic carbocycles. The van der Waals surface area contributed by atoms with Gasteiger partial charge in [-0.3, -0.25) is 10.2 Å². The number of hydrogen-bond acceptors (Lipinski definition) is 4. The third-order valence-electron chi connectivity index (χ3n) is 4.50. The Morgan fingerprint density at radius 2 is 1.63 bits per heavy atom. The average Bonchev–Trinajstić information content (AvgIpc) is 2.93. The van der Waals surface area contributed by atoms with Crippen LogP contribution < -0.4 is 5.43 Å². The lowest BCUT2D eigenvalue weighted by Crippen LogP contribution is -2.47. The highest BCUT2D eigenvalue weighted by Gasteiger charge is 2.29. The van der Waals surface area contributed by atoms with Crippen molar-refractivity contribution in [1.82, 2.24) is 10.4 Å². The third kappa shape index (κ3) is 4.46. The number of fused-ring (bicyclic) bond motifs is 3. The number of rotatable bonds is 7. The Morgan fingerprint density at radius 1 is 1.07 bits per heavy atom. The van der Waals surface area contributed by atoms with Gasteiger partial charge in [-0.15, -0.1) is 0 Å². The SMILES string of the molecule is CC(C)CN(CC(=O)O)NC(=O)OCC1c2ccccc2-c2ccccc21. The molecule has 0 fully saturated rings. The number of carboxylic acid groups (broad SMARTS) is 1. The van der Waals surface area contributed by atoms with Crippen LogP contribution in [0.4, 0.5) is 4.79 Å². The molecule has 0 unspecified atom stereocenters. The van der Waals surface area contributed by atoms with E-state index in [9.17, 15) is 9.59 Å². The predicted molar refractivity (Wildman–Crippen MR) is 102 cm³/mol. The van der Waals surface area contributed by atoms with Crippen molar-refractivity contribution in [3.05, 3.63) is 59.7 Å². The van der Waals surface area contributed by atoms with E-state index in [1.807, 2.05) is 38.1 Å². The van der Waals surface area contributed by atoms with Crippen LogP contribution in [0, 0.1) is 5.92 Å². The Hall–Kier alpha value is -2.86. The van der Waals surface area contributed by atoms with Crippen LogP contribution in [0.2, 0.25) is 0 Å². The molecule has 0 aromatic heterocycles. The van der Waals surface area contributed by atoms with Gasteiger partial charge in [0.25, 0.3) is 0 Å². The summed E-state index contributed by atoms with van der Waals surface area (Å²) in [6.07, 6.45) is -0.640. The van der Waals surface area contributed by atoms with Crippen LogP contribution >= 0.6 is 0 Å². The fourth-order valence-corrected chi connectivity index (χ4v) is 3.51. The zero-order valence-electron chi connectivity index (χ0n) is 15.5. The molecule has 0 saturated heterocycles. The molecule has 0 radical (unpaired) electrons. The van der Waals surface area contributed by atoms with Crippen molar-refractivity contribution in [2.24, 2.45) is 5.92 Å². The van der Waals surface area contributed by atoms with Crippen molar-refractivity contribution < 1.29 is 19.4 Å². The standard InChI is InChI=1S/C21H24N2O4/c1-14(2)11-23(12-20(24)25)22-21(26)27-13-19-17-9-5-3-7-15(17)16-8-4-6-10-18(16)19/h3-10,14,19H,11-13H2,1-2H3,(H,22,26)(H,24,25). The number of nitrogens with one attached hydrogen (secondary N) is 1. The van der Waals surface area contributed by atoms with Gasteiger partial charge >= 0.3 is 12.1 Å². The first-order chi connectivity index (χ1) is 13.0. The fraction of sp³-hybridized carbons (Fsp3) is 0.333. The summed E-state index contributed by atoms with van der Waals surface area (Å²) in [5, 5.41) is 10.4. The molecule has 0 bridgehead atoms. The zero-order chi connectivity index (χ0) is 19.4. The molecular formula is C21H24N2O4. The molecule has 6 nitrogen and oxygen atoms in total. The van der Waals surface area contributed by atoms with Crippen LogP contribution in [0.15, 0.2) is 48.5 Å². The number of carboxylic acids is 1. The number of carbonyl (C=O) groups excluding carboxylic acids is 1. The second-order valence-electron chi connectivity index (χ2n) is 7.11. The van der Waals surface area contributed by atoms with Gasteiger partial charge in [-0.1, -0.05) is 62.4 Å². The van der Waals surface area contributed by atoms with Crippen LogP contribution in [-0.2, 0) is 9.53 Å². The van der Waals surface area contributed by atoms with E-state index in [2.05, 4.69) is 29.7 Å². The molecule has 2 aromatic carbocycles. The van der Waals surface area contributed by atoms with Gasteiger partial charge in [-0.2, -0.15) is 0 Å². The number of hydrazine groups is 1. The molecule has 0 saturated carbocycles. The first-order valence-electron chi connectivity index (χ1n) is 9.04. The molecule has 2 aromatic rings. The summed E-state index contributed by atoms with van der Waals surface area (Å²) in [5.41, 5.74) is 7.14. The average molecular weight is 368 g/mol. The van der Waals surface area contributed by atoms with E-state index in [1.54, 1.807) is 0 Å². The summed E-state index contributed by atoms with van der Waals surface area (Å²) in [6, 6.07) is 16.2. The summed E-state index contributed by atoms with van der Waals surface area (Å²) in [4.78, 5) is 23.2. The third-order valence-corrected chi connectivity index (χ3v) is 4.50. The number of hydrogen-bond donors (Lipinski definition) is 2. The van der Waals surface area contributed by atoms with Gasteiger partial charge < -0.3 is 9.84 Å². The molecule has 0 heterocycles. The molecule has 27 heavy (non-hydrogen) atoms. The smallest absolute Gasteiger partial charge is 0.421 e. The minimum Gasteiger partial charge on any atom is -0.480 e. The summed E-state index contributed by atoms with van der Waals surface area (Å²) in [5.74, 6) is -0.825. The number of nitrogens with zero attached hydrogens (tertiary/aromatic N) is 1. The van der Waals surface area contributed by atoms with Crippen molar-refractivity contribution in [1.29, 1.82) is 0 Å². The highest BCUT2D eigenvalue weighted by molar-refractivity contribution is 5.79. The number of aliphatic carboxylic acids is 1. The Labute approximate surface area is 158 Å². The Bertz CT molecular complexity index is 789. The number of carbonyl (C=O) groups is 2. The number of amides is 1. The quantitative estimate of drug-likeness (QED) is 0.732. The van der Waals surface area contributed by atoms with Gasteiger partial charge in [0, 0.05) is 12.5 Å². The van der Waals surface area contributed by atoms with Crippen molar-refractivity contribution >= 4 is 12.1 Å². The number of benzene rings is 2. The zero-order valence-corrected chi connectivity index (χ0v) is 15.5.